The van der Waals surface area contributed by atoms with Gasteiger partial charge in [-0.15, -0.1) is 0 Å². The highest BCUT2D eigenvalue weighted by atomic mass is 32.2. The summed E-state index contributed by atoms with van der Waals surface area (Å²) in [5.41, 5.74) is 2.34. The van der Waals surface area contributed by atoms with E-state index >= 15 is 0 Å². The lowest BCUT2D eigenvalue weighted by molar-refractivity contribution is -0.116. The van der Waals surface area contributed by atoms with Crippen molar-refractivity contribution in [3.63, 3.8) is 0 Å². The summed E-state index contributed by atoms with van der Waals surface area (Å²) < 4.78 is 29.1. The van der Waals surface area contributed by atoms with Crippen LogP contribution in [0.3, 0.4) is 0 Å². The molecule has 3 rings (SSSR count). The van der Waals surface area contributed by atoms with Crippen molar-refractivity contribution < 1.29 is 17.4 Å². The van der Waals surface area contributed by atoms with Crippen LogP contribution in [-0.4, -0.2) is 14.3 Å². The lowest BCUT2D eigenvalue weighted by atomic mass is 10.0. The Morgan fingerprint density at radius 2 is 1.83 bits per heavy atom. The molecule has 1 aliphatic rings. The molecule has 2 aromatic carbocycles. The number of hydrogen-bond donors (Lipinski definition) is 1. The van der Waals surface area contributed by atoms with Gasteiger partial charge >= 0.3 is 10.1 Å². The largest absolute Gasteiger partial charge is 0.379 e. The molecule has 0 saturated carbocycles. The van der Waals surface area contributed by atoms with Gasteiger partial charge in [0.25, 0.3) is 0 Å². The third-order valence-corrected chi connectivity index (χ3v) is 4.31. The van der Waals surface area contributed by atoms with E-state index in [0.717, 1.165) is 16.5 Å². The average molecular weight is 329 g/mol. The fourth-order valence-corrected chi connectivity index (χ4v) is 3.05. The number of benzene rings is 2. The van der Waals surface area contributed by atoms with Gasteiger partial charge in [-0.2, -0.15) is 8.42 Å². The van der Waals surface area contributed by atoms with Crippen LogP contribution in [0.25, 0.3) is 6.08 Å². The number of fused-ring (bicyclic) bond motifs is 1. The monoisotopic (exact) mass is 329 g/mol. The Morgan fingerprint density at radius 3 is 2.61 bits per heavy atom. The van der Waals surface area contributed by atoms with Crippen LogP contribution in [0.4, 0.5) is 5.69 Å². The third kappa shape index (κ3) is 3.98. The van der Waals surface area contributed by atoms with Crippen molar-refractivity contribution >= 4 is 27.8 Å². The van der Waals surface area contributed by atoms with E-state index in [1.165, 1.54) is 12.1 Å². The number of rotatable bonds is 4. The van der Waals surface area contributed by atoms with E-state index in [1.54, 1.807) is 24.3 Å². The van der Waals surface area contributed by atoms with E-state index in [0.29, 0.717) is 18.5 Å². The minimum Gasteiger partial charge on any atom is -0.379 e. The number of carbonyl (C=O) groups excluding carboxylic acids is 1. The number of carbonyl (C=O) groups is 1. The topological polar surface area (TPSA) is 72.5 Å². The van der Waals surface area contributed by atoms with Gasteiger partial charge in [-0.05, 0) is 41.8 Å². The van der Waals surface area contributed by atoms with Crippen LogP contribution in [0, 0.1) is 0 Å². The van der Waals surface area contributed by atoms with Gasteiger partial charge in [0, 0.05) is 12.1 Å². The number of anilines is 1. The SMILES string of the molecule is O=C1CCc2cc(OS(=O)(=O)/C=C/c3ccccc3)ccc2N1. The lowest BCUT2D eigenvalue weighted by Gasteiger charge is -2.17. The molecule has 0 radical (unpaired) electrons. The second-order valence-electron chi connectivity index (χ2n) is 5.16. The standard InChI is InChI=1S/C17H15NO4S/c19-17-9-6-14-12-15(7-8-16(14)18-17)22-23(20,21)11-10-13-4-2-1-3-5-13/h1-5,7-8,10-12H,6,9H2,(H,18,19)/b11-10+. The maximum Gasteiger partial charge on any atom is 0.332 e. The molecule has 1 aliphatic heterocycles. The summed E-state index contributed by atoms with van der Waals surface area (Å²) in [4.78, 5) is 11.3. The number of hydrogen-bond acceptors (Lipinski definition) is 4. The highest BCUT2D eigenvalue weighted by Gasteiger charge is 2.16. The fourth-order valence-electron chi connectivity index (χ4n) is 2.30. The van der Waals surface area contributed by atoms with Gasteiger partial charge < -0.3 is 9.50 Å². The third-order valence-electron chi connectivity index (χ3n) is 3.41. The van der Waals surface area contributed by atoms with Crippen molar-refractivity contribution in [2.24, 2.45) is 0 Å². The molecule has 0 unspecified atom stereocenters. The van der Waals surface area contributed by atoms with Crippen LogP contribution in [-0.2, 0) is 21.3 Å². The highest BCUT2D eigenvalue weighted by molar-refractivity contribution is 7.90. The van der Waals surface area contributed by atoms with E-state index < -0.39 is 10.1 Å². The molecule has 1 heterocycles. The Balaban J connectivity index is 1.76. The summed E-state index contributed by atoms with van der Waals surface area (Å²) in [7, 11) is -3.84. The van der Waals surface area contributed by atoms with Gasteiger partial charge in [0.2, 0.25) is 5.91 Å². The molecule has 0 aromatic heterocycles. The predicted molar refractivity (Wildman–Crippen MR) is 88.4 cm³/mol. The van der Waals surface area contributed by atoms with Crippen molar-refractivity contribution in [3.05, 3.63) is 65.1 Å². The quantitative estimate of drug-likeness (QED) is 0.875. The zero-order valence-electron chi connectivity index (χ0n) is 12.2. The van der Waals surface area contributed by atoms with Crippen molar-refractivity contribution in [1.29, 1.82) is 0 Å². The van der Waals surface area contributed by atoms with Crippen LogP contribution in [0.1, 0.15) is 17.5 Å². The Labute approximate surface area is 134 Å². The average Bonchev–Trinajstić information content (AvgIpc) is 2.54. The maximum absolute atomic E-state index is 12.0. The number of amides is 1. The molecule has 0 atom stereocenters. The lowest BCUT2D eigenvalue weighted by Crippen LogP contribution is -2.19. The normalized spacial score (nSPS) is 14.3. The summed E-state index contributed by atoms with van der Waals surface area (Å²) in [6, 6.07) is 13.9. The van der Waals surface area contributed by atoms with Gasteiger partial charge in [-0.25, -0.2) is 0 Å². The molecular formula is C17H15NO4S. The Bertz CT molecular complexity index is 857. The molecule has 0 fully saturated rings. The molecule has 5 nitrogen and oxygen atoms in total. The highest BCUT2D eigenvalue weighted by Crippen LogP contribution is 2.27. The fraction of sp³-hybridized carbons (Fsp3) is 0.118. The Kier molecular flexibility index (Phi) is 4.16. The van der Waals surface area contributed by atoms with E-state index in [2.05, 4.69) is 5.32 Å². The van der Waals surface area contributed by atoms with Crippen LogP contribution < -0.4 is 9.50 Å². The molecule has 0 aliphatic carbocycles. The van der Waals surface area contributed by atoms with Gasteiger partial charge in [0.15, 0.2) is 0 Å². The summed E-state index contributed by atoms with van der Waals surface area (Å²) in [6.45, 7) is 0. The number of nitrogens with one attached hydrogen (secondary N) is 1. The minimum atomic E-state index is -3.84. The van der Waals surface area contributed by atoms with Crippen molar-refractivity contribution in [1.82, 2.24) is 0 Å². The van der Waals surface area contributed by atoms with Crippen molar-refractivity contribution in [2.45, 2.75) is 12.8 Å². The van der Waals surface area contributed by atoms with Crippen molar-refractivity contribution in [2.75, 3.05) is 5.32 Å². The van der Waals surface area contributed by atoms with Gasteiger partial charge in [-0.3, -0.25) is 4.79 Å². The molecular weight excluding hydrogens is 314 g/mol. The second-order valence-corrected chi connectivity index (χ2v) is 6.58. The smallest absolute Gasteiger partial charge is 0.332 e. The zero-order valence-corrected chi connectivity index (χ0v) is 13.0. The molecule has 2 aromatic rings. The molecule has 0 bridgehead atoms. The molecule has 118 valence electrons. The zero-order chi connectivity index (χ0) is 16.3. The van der Waals surface area contributed by atoms with Crippen LogP contribution in [0.15, 0.2) is 53.9 Å². The molecule has 23 heavy (non-hydrogen) atoms. The first-order valence-corrected chi connectivity index (χ1v) is 8.59. The van der Waals surface area contributed by atoms with E-state index in [1.807, 2.05) is 18.2 Å². The maximum atomic E-state index is 12.0. The summed E-state index contributed by atoms with van der Waals surface area (Å²) in [5.74, 6) is 0.196. The molecule has 0 saturated heterocycles. The van der Waals surface area contributed by atoms with Crippen molar-refractivity contribution in [3.8, 4) is 5.75 Å². The second kappa shape index (κ2) is 6.26. The van der Waals surface area contributed by atoms with Gasteiger partial charge in [0.05, 0.1) is 5.41 Å². The molecule has 1 amide bonds. The Morgan fingerprint density at radius 1 is 1.04 bits per heavy atom. The molecule has 6 heteroatoms. The minimum absolute atomic E-state index is 0.0374. The van der Waals surface area contributed by atoms with Crippen LogP contribution in [0.5, 0.6) is 5.75 Å². The Hall–Kier alpha value is -2.60. The van der Waals surface area contributed by atoms with Gasteiger partial charge in [0.1, 0.15) is 5.75 Å². The van der Waals surface area contributed by atoms with Gasteiger partial charge in [-0.1, -0.05) is 30.3 Å². The predicted octanol–water partition coefficient (Wildman–Crippen LogP) is 2.95. The first-order valence-electron chi connectivity index (χ1n) is 7.12. The first kappa shape index (κ1) is 15.3. The van der Waals surface area contributed by atoms with Crippen LogP contribution >= 0.6 is 0 Å². The summed E-state index contributed by atoms with van der Waals surface area (Å²) in [6.07, 6.45) is 2.43. The van der Waals surface area contributed by atoms with Crippen LogP contribution in [0.2, 0.25) is 0 Å². The number of aryl methyl sites for hydroxylation is 1. The van der Waals surface area contributed by atoms with E-state index in [-0.39, 0.29) is 11.7 Å². The van der Waals surface area contributed by atoms with E-state index in [9.17, 15) is 13.2 Å². The summed E-state index contributed by atoms with van der Waals surface area (Å²) >= 11 is 0. The first-order chi connectivity index (χ1) is 11.0. The summed E-state index contributed by atoms with van der Waals surface area (Å²) in [5, 5.41) is 3.77. The van der Waals surface area contributed by atoms with E-state index in [4.69, 9.17) is 4.18 Å². The molecule has 0 spiro atoms. The molecule has 1 N–H and O–H groups in total.